The fraction of sp³-hybridized carbons (Fsp3) is 0.667. The van der Waals surface area contributed by atoms with Crippen LogP contribution < -0.4 is 0 Å². The van der Waals surface area contributed by atoms with E-state index >= 15 is 0 Å². The number of aliphatic hydroxyl groups is 1. The molecular formula is C6H10OS. The Morgan fingerprint density at radius 2 is 2.12 bits per heavy atom. The lowest BCUT2D eigenvalue weighted by Crippen LogP contribution is -2.14. The lowest BCUT2D eigenvalue weighted by atomic mass is 10.1. The van der Waals surface area contributed by atoms with Crippen LogP contribution in [0.3, 0.4) is 0 Å². The third kappa shape index (κ3) is 5.87. The van der Waals surface area contributed by atoms with Crippen molar-refractivity contribution in [3.8, 4) is 11.8 Å². The summed E-state index contributed by atoms with van der Waals surface area (Å²) in [5.74, 6) is 5.76. The third-order valence-corrected chi connectivity index (χ3v) is 0.631. The Bertz CT molecular complexity index is 113. The molecule has 0 aliphatic rings. The van der Waals surface area contributed by atoms with Crippen molar-refractivity contribution in [2.24, 2.45) is 0 Å². The van der Waals surface area contributed by atoms with Crippen LogP contribution in [-0.4, -0.2) is 16.5 Å². The quantitative estimate of drug-likeness (QED) is 0.365. The Labute approximate surface area is 55.5 Å². The number of rotatable bonds is 0. The van der Waals surface area contributed by atoms with Crippen molar-refractivity contribution in [2.75, 3.05) is 5.75 Å². The molecule has 46 valence electrons. The van der Waals surface area contributed by atoms with E-state index in [2.05, 4.69) is 24.5 Å². The van der Waals surface area contributed by atoms with E-state index in [1.165, 1.54) is 0 Å². The van der Waals surface area contributed by atoms with Gasteiger partial charge in [0.25, 0.3) is 0 Å². The van der Waals surface area contributed by atoms with Gasteiger partial charge in [0.1, 0.15) is 5.60 Å². The van der Waals surface area contributed by atoms with Gasteiger partial charge in [-0.25, -0.2) is 0 Å². The summed E-state index contributed by atoms with van der Waals surface area (Å²) in [6.07, 6.45) is 0. The standard InChI is InChI=1S/C6H10OS/c1-6(2,7)4-3-5-8/h7-8H,5H2,1-2H3. The van der Waals surface area contributed by atoms with Gasteiger partial charge in [-0.3, -0.25) is 0 Å². The minimum Gasteiger partial charge on any atom is -0.378 e. The Kier molecular flexibility index (Phi) is 2.96. The summed E-state index contributed by atoms with van der Waals surface area (Å²) in [5, 5.41) is 8.94. The Hall–Kier alpha value is -0.130. The number of thiol groups is 1. The van der Waals surface area contributed by atoms with E-state index < -0.39 is 5.60 Å². The summed E-state index contributed by atoms with van der Waals surface area (Å²) in [5.41, 5.74) is -0.858. The maximum Gasteiger partial charge on any atom is 0.119 e. The van der Waals surface area contributed by atoms with Gasteiger partial charge in [-0.2, -0.15) is 12.6 Å². The SMILES string of the molecule is CC(C)(O)C#CCS. The summed E-state index contributed by atoms with van der Waals surface area (Å²) >= 11 is 3.85. The molecule has 1 nitrogen and oxygen atoms in total. The third-order valence-electron chi connectivity index (χ3n) is 0.473. The van der Waals surface area contributed by atoms with Gasteiger partial charge >= 0.3 is 0 Å². The Balaban J connectivity index is 3.69. The summed E-state index contributed by atoms with van der Waals surface area (Å²) in [6.45, 7) is 3.28. The first-order valence-electron chi connectivity index (χ1n) is 2.39. The molecule has 0 bridgehead atoms. The zero-order valence-corrected chi connectivity index (χ0v) is 6.00. The molecule has 0 aromatic carbocycles. The second kappa shape index (κ2) is 3.01. The Morgan fingerprint density at radius 3 is 2.25 bits per heavy atom. The van der Waals surface area contributed by atoms with Crippen molar-refractivity contribution in [3.05, 3.63) is 0 Å². The van der Waals surface area contributed by atoms with E-state index in [-0.39, 0.29) is 0 Å². The largest absolute Gasteiger partial charge is 0.378 e. The van der Waals surface area contributed by atoms with Gasteiger partial charge in [-0.15, -0.1) is 0 Å². The van der Waals surface area contributed by atoms with Gasteiger partial charge in [-0.1, -0.05) is 11.8 Å². The molecule has 0 radical (unpaired) electrons. The van der Waals surface area contributed by atoms with Gasteiger partial charge in [0.05, 0.1) is 5.75 Å². The second-order valence-corrected chi connectivity index (χ2v) is 2.34. The maximum atomic E-state index is 8.94. The van der Waals surface area contributed by atoms with Crippen molar-refractivity contribution < 1.29 is 5.11 Å². The van der Waals surface area contributed by atoms with Crippen LogP contribution in [0.2, 0.25) is 0 Å². The zero-order valence-electron chi connectivity index (χ0n) is 5.10. The van der Waals surface area contributed by atoms with E-state index in [0.29, 0.717) is 5.75 Å². The highest BCUT2D eigenvalue weighted by molar-refractivity contribution is 7.80. The van der Waals surface area contributed by atoms with Gasteiger partial charge in [0.15, 0.2) is 0 Å². The highest BCUT2D eigenvalue weighted by atomic mass is 32.1. The van der Waals surface area contributed by atoms with Gasteiger partial charge in [0, 0.05) is 0 Å². The fourth-order valence-electron chi connectivity index (χ4n) is 0.256. The second-order valence-electron chi connectivity index (χ2n) is 2.02. The van der Waals surface area contributed by atoms with Crippen LogP contribution in [0.4, 0.5) is 0 Å². The van der Waals surface area contributed by atoms with Gasteiger partial charge in [0.2, 0.25) is 0 Å². The average molecular weight is 130 g/mol. The first-order chi connectivity index (χ1) is 3.56. The maximum absolute atomic E-state index is 8.94. The van der Waals surface area contributed by atoms with E-state index in [1.54, 1.807) is 13.8 Å². The topological polar surface area (TPSA) is 20.2 Å². The molecular weight excluding hydrogens is 120 g/mol. The molecule has 0 atom stereocenters. The highest BCUT2D eigenvalue weighted by Gasteiger charge is 2.04. The lowest BCUT2D eigenvalue weighted by molar-refractivity contribution is 0.143. The molecule has 0 unspecified atom stereocenters. The molecule has 0 fully saturated rings. The highest BCUT2D eigenvalue weighted by Crippen LogP contribution is 1.95. The summed E-state index contributed by atoms with van der Waals surface area (Å²) in [7, 11) is 0. The molecule has 0 saturated heterocycles. The van der Waals surface area contributed by atoms with E-state index in [4.69, 9.17) is 5.11 Å². The Morgan fingerprint density at radius 1 is 1.62 bits per heavy atom. The van der Waals surface area contributed by atoms with Crippen LogP contribution in [0, 0.1) is 11.8 Å². The van der Waals surface area contributed by atoms with Crippen molar-refractivity contribution in [1.82, 2.24) is 0 Å². The molecule has 0 amide bonds. The molecule has 0 saturated carbocycles. The zero-order chi connectivity index (χ0) is 6.62. The molecule has 0 heterocycles. The smallest absolute Gasteiger partial charge is 0.119 e. The van der Waals surface area contributed by atoms with Crippen LogP contribution in [-0.2, 0) is 0 Å². The molecule has 8 heavy (non-hydrogen) atoms. The monoisotopic (exact) mass is 130 g/mol. The minimum atomic E-state index is -0.858. The fourth-order valence-corrected chi connectivity index (χ4v) is 0.335. The van der Waals surface area contributed by atoms with Crippen LogP contribution in [0.25, 0.3) is 0 Å². The van der Waals surface area contributed by atoms with Crippen LogP contribution in [0.15, 0.2) is 0 Å². The van der Waals surface area contributed by atoms with Crippen LogP contribution in [0.5, 0.6) is 0 Å². The molecule has 0 aromatic rings. The predicted octanol–water partition coefficient (Wildman–Crippen LogP) is 0.690. The molecule has 0 spiro atoms. The summed E-state index contributed by atoms with van der Waals surface area (Å²) < 4.78 is 0. The van der Waals surface area contributed by atoms with Crippen molar-refractivity contribution in [3.63, 3.8) is 0 Å². The molecule has 0 aromatic heterocycles. The number of hydrogen-bond acceptors (Lipinski definition) is 2. The van der Waals surface area contributed by atoms with Crippen LogP contribution >= 0.6 is 12.6 Å². The molecule has 2 heteroatoms. The van der Waals surface area contributed by atoms with Gasteiger partial charge in [-0.05, 0) is 13.8 Å². The molecule has 0 aliphatic heterocycles. The van der Waals surface area contributed by atoms with Crippen molar-refractivity contribution >= 4 is 12.6 Å². The molecule has 0 aliphatic carbocycles. The van der Waals surface area contributed by atoms with Gasteiger partial charge < -0.3 is 5.11 Å². The lowest BCUT2D eigenvalue weighted by Gasteiger charge is -2.05. The first-order valence-corrected chi connectivity index (χ1v) is 3.03. The normalized spacial score (nSPS) is 10.0. The van der Waals surface area contributed by atoms with E-state index in [0.717, 1.165) is 0 Å². The average Bonchev–Trinajstić information content (AvgIpc) is 1.59. The van der Waals surface area contributed by atoms with E-state index in [1.807, 2.05) is 0 Å². The minimum absolute atomic E-state index is 0.504. The van der Waals surface area contributed by atoms with Crippen molar-refractivity contribution in [2.45, 2.75) is 19.4 Å². The molecule has 0 rings (SSSR count). The van der Waals surface area contributed by atoms with E-state index in [9.17, 15) is 0 Å². The number of hydrogen-bond donors (Lipinski definition) is 2. The summed E-state index contributed by atoms with van der Waals surface area (Å²) in [6, 6.07) is 0. The van der Waals surface area contributed by atoms with Crippen LogP contribution in [0.1, 0.15) is 13.8 Å². The predicted molar refractivity (Wildman–Crippen MR) is 37.9 cm³/mol. The first kappa shape index (κ1) is 7.87. The summed E-state index contributed by atoms with van der Waals surface area (Å²) in [4.78, 5) is 0. The molecule has 1 N–H and O–H groups in total. The van der Waals surface area contributed by atoms with Crippen molar-refractivity contribution in [1.29, 1.82) is 0 Å².